The van der Waals surface area contributed by atoms with Crippen LogP contribution in [0, 0.1) is 6.92 Å². The summed E-state index contributed by atoms with van der Waals surface area (Å²) in [4.78, 5) is 0. The van der Waals surface area contributed by atoms with Crippen LogP contribution >= 0.6 is 0 Å². The van der Waals surface area contributed by atoms with Gasteiger partial charge in [-0.3, -0.25) is 4.40 Å². The van der Waals surface area contributed by atoms with Crippen molar-refractivity contribution in [2.45, 2.75) is 38.7 Å². The number of nitrogens with zero attached hydrogens (tertiary/aromatic N) is 3. The summed E-state index contributed by atoms with van der Waals surface area (Å²) in [5.74, 6) is 1.01. The van der Waals surface area contributed by atoms with E-state index in [4.69, 9.17) is 4.74 Å². The number of aryl methyl sites for hydroxylation is 1. The molecule has 1 fully saturated rings. The Balaban J connectivity index is 1.86. The molecule has 1 aliphatic heterocycles. The van der Waals surface area contributed by atoms with E-state index in [1.807, 2.05) is 6.07 Å². The second-order valence-electron chi connectivity index (χ2n) is 4.74. The summed E-state index contributed by atoms with van der Waals surface area (Å²) in [6, 6.07) is 4.07. The van der Waals surface area contributed by atoms with Crippen LogP contribution in [0.2, 0.25) is 0 Å². The Labute approximate surface area is 101 Å². The Morgan fingerprint density at radius 3 is 3.12 bits per heavy atom. The highest BCUT2D eigenvalue weighted by Gasteiger charge is 2.17. The smallest absolute Gasteiger partial charge is 0.160 e. The second-order valence-corrected chi connectivity index (χ2v) is 4.74. The SMILES string of the molecule is Cc1ccc2nnc(CC3CCCCO3)n2c1. The summed E-state index contributed by atoms with van der Waals surface area (Å²) in [6.45, 7) is 2.97. The van der Waals surface area contributed by atoms with E-state index < -0.39 is 0 Å². The highest BCUT2D eigenvalue weighted by atomic mass is 16.5. The average molecular weight is 231 g/mol. The molecule has 1 atom stereocenters. The lowest BCUT2D eigenvalue weighted by atomic mass is 10.1. The van der Waals surface area contributed by atoms with Crippen LogP contribution in [0.4, 0.5) is 0 Å². The third kappa shape index (κ3) is 2.17. The molecule has 1 unspecified atom stereocenters. The lowest BCUT2D eigenvalue weighted by molar-refractivity contribution is 0.0155. The minimum atomic E-state index is 0.316. The van der Waals surface area contributed by atoms with E-state index in [0.29, 0.717) is 6.10 Å². The molecule has 0 bridgehead atoms. The molecule has 0 aliphatic carbocycles. The van der Waals surface area contributed by atoms with Crippen LogP contribution in [-0.2, 0) is 11.2 Å². The first-order valence-electron chi connectivity index (χ1n) is 6.25. The summed E-state index contributed by atoms with van der Waals surface area (Å²) in [5, 5.41) is 8.45. The standard InChI is InChI=1S/C13H17N3O/c1-10-5-6-12-14-15-13(16(12)9-10)8-11-4-2-3-7-17-11/h5-6,9,11H,2-4,7-8H2,1H3. The van der Waals surface area contributed by atoms with Gasteiger partial charge in [0, 0.05) is 19.2 Å². The molecule has 3 heterocycles. The molecule has 1 saturated heterocycles. The third-order valence-corrected chi connectivity index (χ3v) is 3.31. The van der Waals surface area contributed by atoms with E-state index in [9.17, 15) is 0 Å². The molecule has 90 valence electrons. The van der Waals surface area contributed by atoms with E-state index in [2.05, 4.69) is 33.8 Å². The lowest BCUT2D eigenvalue weighted by Gasteiger charge is -2.21. The van der Waals surface area contributed by atoms with Gasteiger partial charge in [-0.05, 0) is 37.8 Å². The van der Waals surface area contributed by atoms with Gasteiger partial charge in [0.2, 0.25) is 0 Å². The van der Waals surface area contributed by atoms with Gasteiger partial charge in [-0.15, -0.1) is 10.2 Å². The number of rotatable bonds is 2. The zero-order valence-electron chi connectivity index (χ0n) is 10.1. The first-order chi connectivity index (χ1) is 8.33. The maximum atomic E-state index is 5.75. The van der Waals surface area contributed by atoms with E-state index in [1.165, 1.54) is 18.4 Å². The minimum absolute atomic E-state index is 0.316. The van der Waals surface area contributed by atoms with Gasteiger partial charge in [0.05, 0.1) is 6.10 Å². The molecule has 1 aliphatic rings. The van der Waals surface area contributed by atoms with Gasteiger partial charge in [0.15, 0.2) is 5.65 Å². The van der Waals surface area contributed by atoms with E-state index in [0.717, 1.165) is 30.9 Å². The molecule has 2 aromatic rings. The Bertz CT molecular complexity index is 514. The first-order valence-corrected chi connectivity index (χ1v) is 6.25. The molecule has 4 nitrogen and oxygen atoms in total. The summed E-state index contributed by atoms with van der Waals surface area (Å²) in [7, 11) is 0. The van der Waals surface area contributed by atoms with Crippen LogP contribution in [0.3, 0.4) is 0 Å². The fraction of sp³-hybridized carbons (Fsp3) is 0.538. The maximum Gasteiger partial charge on any atom is 0.160 e. The van der Waals surface area contributed by atoms with Crippen molar-refractivity contribution in [3.05, 3.63) is 29.7 Å². The zero-order valence-corrected chi connectivity index (χ0v) is 10.1. The number of hydrogen-bond donors (Lipinski definition) is 0. The van der Waals surface area contributed by atoms with Gasteiger partial charge >= 0.3 is 0 Å². The van der Waals surface area contributed by atoms with Crippen molar-refractivity contribution in [1.29, 1.82) is 0 Å². The predicted octanol–water partition coefficient (Wildman–Crippen LogP) is 2.15. The molecule has 0 spiro atoms. The first kappa shape index (κ1) is 10.7. The van der Waals surface area contributed by atoms with Gasteiger partial charge in [-0.25, -0.2) is 0 Å². The van der Waals surface area contributed by atoms with E-state index in [-0.39, 0.29) is 0 Å². The van der Waals surface area contributed by atoms with Gasteiger partial charge in [0.1, 0.15) is 5.82 Å². The van der Waals surface area contributed by atoms with Gasteiger partial charge in [0.25, 0.3) is 0 Å². The van der Waals surface area contributed by atoms with Crippen molar-refractivity contribution in [1.82, 2.24) is 14.6 Å². The summed E-state index contributed by atoms with van der Waals surface area (Å²) < 4.78 is 7.83. The third-order valence-electron chi connectivity index (χ3n) is 3.31. The number of hydrogen-bond acceptors (Lipinski definition) is 3. The molecule has 17 heavy (non-hydrogen) atoms. The summed E-state index contributed by atoms with van der Waals surface area (Å²) >= 11 is 0. The topological polar surface area (TPSA) is 39.4 Å². The lowest BCUT2D eigenvalue weighted by Crippen LogP contribution is -2.22. The second kappa shape index (κ2) is 4.45. The van der Waals surface area contributed by atoms with Gasteiger partial charge in [-0.2, -0.15) is 0 Å². The van der Waals surface area contributed by atoms with Crippen molar-refractivity contribution >= 4 is 5.65 Å². The summed E-state index contributed by atoms with van der Waals surface area (Å²) in [5.41, 5.74) is 2.14. The molecule has 0 amide bonds. The zero-order chi connectivity index (χ0) is 11.7. The Morgan fingerprint density at radius 1 is 1.35 bits per heavy atom. The minimum Gasteiger partial charge on any atom is -0.378 e. The Kier molecular flexibility index (Phi) is 2.81. The predicted molar refractivity (Wildman–Crippen MR) is 65.0 cm³/mol. The molecule has 2 aromatic heterocycles. The number of pyridine rings is 1. The highest BCUT2D eigenvalue weighted by molar-refractivity contribution is 5.39. The van der Waals surface area contributed by atoms with E-state index >= 15 is 0 Å². The van der Waals surface area contributed by atoms with Gasteiger partial charge < -0.3 is 4.74 Å². The maximum absolute atomic E-state index is 5.75. The van der Waals surface area contributed by atoms with Crippen LogP contribution in [0.1, 0.15) is 30.7 Å². The molecular weight excluding hydrogens is 214 g/mol. The van der Waals surface area contributed by atoms with Crippen LogP contribution < -0.4 is 0 Å². The molecule has 0 radical (unpaired) electrons. The monoisotopic (exact) mass is 231 g/mol. The number of fused-ring (bicyclic) bond motifs is 1. The van der Waals surface area contributed by atoms with E-state index in [1.54, 1.807) is 0 Å². The Hall–Kier alpha value is -1.42. The van der Waals surface area contributed by atoms with Crippen molar-refractivity contribution in [3.8, 4) is 0 Å². The van der Waals surface area contributed by atoms with Crippen LogP contribution in [0.25, 0.3) is 5.65 Å². The van der Waals surface area contributed by atoms with Crippen molar-refractivity contribution < 1.29 is 4.74 Å². The molecule has 0 aromatic carbocycles. The normalized spacial score (nSPS) is 20.9. The quantitative estimate of drug-likeness (QED) is 0.795. The van der Waals surface area contributed by atoms with Crippen LogP contribution in [0.15, 0.2) is 18.3 Å². The van der Waals surface area contributed by atoms with Gasteiger partial charge in [-0.1, -0.05) is 6.07 Å². The number of ether oxygens (including phenoxy) is 1. The molecular formula is C13H17N3O. The van der Waals surface area contributed by atoms with Crippen LogP contribution in [0.5, 0.6) is 0 Å². The Morgan fingerprint density at radius 2 is 2.29 bits per heavy atom. The van der Waals surface area contributed by atoms with Crippen molar-refractivity contribution in [3.63, 3.8) is 0 Å². The molecule has 0 saturated carbocycles. The molecule has 0 N–H and O–H groups in total. The molecule has 3 rings (SSSR count). The van der Waals surface area contributed by atoms with Crippen molar-refractivity contribution in [2.75, 3.05) is 6.61 Å². The largest absolute Gasteiger partial charge is 0.378 e. The fourth-order valence-corrected chi connectivity index (χ4v) is 2.36. The average Bonchev–Trinajstić information content (AvgIpc) is 2.73. The van der Waals surface area contributed by atoms with Crippen LogP contribution in [-0.4, -0.2) is 27.3 Å². The highest BCUT2D eigenvalue weighted by Crippen LogP contribution is 2.17. The number of aromatic nitrogens is 3. The summed E-state index contributed by atoms with van der Waals surface area (Å²) in [6.07, 6.45) is 6.87. The molecule has 4 heteroatoms. The fourth-order valence-electron chi connectivity index (χ4n) is 2.36. The van der Waals surface area contributed by atoms with Crippen molar-refractivity contribution in [2.24, 2.45) is 0 Å².